The smallest absolute Gasteiger partial charge is 0.314 e. The second-order valence-electron chi connectivity index (χ2n) is 6.97. The number of nitrogens with one attached hydrogen (secondary N) is 1. The molecular formula is C21H25N3O3. The lowest BCUT2D eigenvalue weighted by molar-refractivity contribution is -0.143. The van der Waals surface area contributed by atoms with Gasteiger partial charge in [0.15, 0.2) is 0 Å². The lowest BCUT2D eigenvalue weighted by Crippen LogP contribution is -2.51. The van der Waals surface area contributed by atoms with Crippen molar-refractivity contribution in [3.05, 3.63) is 53.1 Å². The standard InChI is InChI=1S/C21H25N3O3/c1-14-7-8-19(25)17(13-14)22-20(26)21(27)24-11-9-23(10-12-24)18-6-4-5-15(2)16(18)3/h4-8,13,25H,9-12H2,1-3H3,(H,22,26). The molecule has 3 rings (SSSR count). The molecule has 2 amide bonds. The van der Waals surface area contributed by atoms with Crippen LogP contribution < -0.4 is 10.2 Å². The topological polar surface area (TPSA) is 72.9 Å². The monoisotopic (exact) mass is 367 g/mol. The molecule has 2 aromatic rings. The summed E-state index contributed by atoms with van der Waals surface area (Å²) >= 11 is 0. The molecule has 1 fully saturated rings. The number of aryl methyl sites for hydroxylation is 2. The zero-order valence-corrected chi connectivity index (χ0v) is 16.0. The van der Waals surface area contributed by atoms with E-state index in [2.05, 4.69) is 36.2 Å². The summed E-state index contributed by atoms with van der Waals surface area (Å²) in [5, 5.41) is 12.4. The average Bonchev–Trinajstić information content (AvgIpc) is 2.66. The number of hydrogen-bond donors (Lipinski definition) is 2. The van der Waals surface area contributed by atoms with Crippen LogP contribution in [0.3, 0.4) is 0 Å². The van der Waals surface area contributed by atoms with Crippen molar-refractivity contribution in [2.75, 3.05) is 36.4 Å². The van der Waals surface area contributed by atoms with Gasteiger partial charge in [0.25, 0.3) is 0 Å². The fourth-order valence-electron chi connectivity index (χ4n) is 3.30. The van der Waals surface area contributed by atoms with Crippen LogP contribution in [0, 0.1) is 20.8 Å². The van der Waals surface area contributed by atoms with Gasteiger partial charge in [0.1, 0.15) is 5.75 Å². The number of aromatic hydroxyl groups is 1. The van der Waals surface area contributed by atoms with E-state index < -0.39 is 11.8 Å². The number of benzene rings is 2. The predicted molar refractivity (Wildman–Crippen MR) is 106 cm³/mol. The van der Waals surface area contributed by atoms with Gasteiger partial charge in [-0.3, -0.25) is 9.59 Å². The van der Waals surface area contributed by atoms with Gasteiger partial charge in [-0.05, 0) is 55.7 Å². The van der Waals surface area contributed by atoms with Crippen molar-refractivity contribution in [3.63, 3.8) is 0 Å². The van der Waals surface area contributed by atoms with E-state index in [0.717, 1.165) is 5.56 Å². The molecule has 0 aliphatic carbocycles. The average molecular weight is 367 g/mol. The van der Waals surface area contributed by atoms with Gasteiger partial charge in [-0.2, -0.15) is 0 Å². The summed E-state index contributed by atoms with van der Waals surface area (Å²) in [5.41, 5.74) is 4.80. The number of carbonyl (C=O) groups excluding carboxylic acids is 2. The largest absolute Gasteiger partial charge is 0.506 e. The maximum atomic E-state index is 12.5. The first kappa shape index (κ1) is 18.8. The van der Waals surface area contributed by atoms with Crippen LogP contribution >= 0.6 is 0 Å². The van der Waals surface area contributed by atoms with Crippen molar-refractivity contribution in [1.82, 2.24) is 4.90 Å². The van der Waals surface area contributed by atoms with Gasteiger partial charge in [0.05, 0.1) is 5.69 Å². The van der Waals surface area contributed by atoms with Gasteiger partial charge < -0.3 is 20.2 Å². The van der Waals surface area contributed by atoms with E-state index in [-0.39, 0.29) is 11.4 Å². The van der Waals surface area contributed by atoms with Crippen LogP contribution in [0.2, 0.25) is 0 Å². The van der Waals surface area contributed by atoms with Crippen LogP contribution in [0.4, 0.5) is 11.4 Å². The molecule has 1 aliphatic rings. The molecule has 142 valence electrons. The van der Waals surface area contributed by atoms with E-state index in [1.54, 1.807) is 17.0 Å². The third kappa shape index (κ3) is 4.05. The minimum absolute atomic E-state index is 0.0542. The van der Waals surface area contributed by atoms with E-state index in [4.69, 9.17) is 0 Å². The van der Waals surface area contributed by atoms with Gasteiger partial charge in [0, 0.05) is 31.9 Å². The fraction of sp³-hybridized carbons (Fsp3) is 0.333. The van der Waals surface area contributed by atoms with Crippen LogP contribution in [0.1, 0.15) is 16.7 Å². The molecule has 1 saturated heterocycles. The Hall–Kier alpha value is -3.02. The Bertz CT molecular complexity index is 871. The molecule has 6 heteroatoms. The third-order valence-electron chi connectivity index (χ3n) is 5.08. The Morgan fingerprint density at radius 1 is 1.00 bits per heavy atom. The molecule has 1 heterocycles. The number of carbonyl (C=O) groups is 2. The van der Waals surface area contributed by atoms with E-state index in [0.29, 0.717) is 26.2 Å². The van der Waals surface area contributed by atoms with Gasteiger partial charge in [-0.15, -0.1) is 0 Å². The van der Waals surface area contributed by atoms with Gasteiger partial charge in [0.2, 0.25) is 0 Å². The highest BCUT2D eigenvalue weighted by atomic mass is 16.3. The Labute approximate surface area is 159 Å². The number of phenolic OH excluding ortho intramolecular Hbond substituents is 1. The molecule has 0 bridgehead atoms. The van der Waals surface area contributed by atoms with E-state index in [1.807, 2.05) is 13.0 Å². The molecule has 0 radical (unpaired) electrons. The zero-order chi connectivity index (χ0) is 19.6. The Kier molecular flexibility index (Phi) is 5.35. The number of phenols is 1. The zero-order valence-electron chi connectivity index (χ0n) is 16.0. The normalized spacial score (nSPS) is 14.2. The summed E-state index contributed by atoms with van der Waals surface area (Å²) in [5.74, 6) is -1.35. The highest BCUT2D eigenvalue weighted by Crippen LogP contribution is 2.25. The molecule has 0 aromatic heterocycles. The number of amides is 2. The van der Waals surface area contributed by atoms with Crippen molar-refractivity contribution in [2.45, 2.75) is 20.8 Å². The SMILES string of the molecule is Cc1ccc(O)c(NC(=O)C(=O)N2CCN(c3cccc(C)c3C)CC2)c1. The van der Waals surface area contributed by atoms with Gasteiger partial charge >= 0.3 is 11.8 Å². The lowest BCUT2D eigenvalue weighted by atomic mass is 10.1. The van der Waals surface area contributed by atoms with Crippen molar-refractivity contribution < 1.29 is 14.7 Å². The molecule has 0 unspecified atom stereocenters. The minimum atomic E-state index is -0.726. The number of rotatable bonds is 2. The lowest BCUT2D eigenvalue weighted by Gasteiger charge is -2.36. The quantitative estimate of drug-likeness (QED) is 0.632. The maximum Gasteiger partial charge on any atom is 0.314 e. The predicted octanol–water partition coefficient (Wildman–Crippen LogP) is 2.60. The Balaban J connectivity index is 1.62. The molecule has 1 aliphatic heterocycles. The number of anilines is 2. The summed E-state index contributed by atoms with van der Waals surface area (Å²) in [4.78, 5) is 28.6. The molecule has 2 aromatic carbocycles. The van der Waals surface area contributed by atoms with Crippen LogP contribution in [-0.2, 0) is 9.59 Å². The van der Waals surface area contributed by atoms with Crippen LogP contribution in [0.5, 0.6) is 5.75 Å². The number of nitrogens with zero attached hydrogens (tertiary/aromatic N) is 2. The van der Waals surface area contributed by atoms with E-state index in [9.17, 15) is 14.7 Å². The van der Waals surface area contributed by atoms with Crippen LogP contribution in [0.15, 0.2) is 36.4 Å². The molecule has 27 heavy (non-hydrogen) atoms. The maximum absolute atomic E-state index is 12.5. The molecule has 0 atom stereocenters. The highest BCUT2D eigenvalue weighted by molar-refractivity contribution is 6.39. The van der Waals surface area contributed by atoms with Gasteiger partial charge in [-0.25, -0.2) is 0 Å². The third-order valence-corrected chi connectivity index (χ3v) is 5.08. The van der Waals surface area contributed by atoms with Crippen molar-refractivity contribution in [2.24, 2.45) is 0 Å². The summed E-state index contributed by atoms with van der Waals surface area (Å²) in [7, 11) is 0. The Morgan fingerprint density at radius 3 is 2.41 bits per heavy atom. The summed E-state index contributed by atoms with van der Waals surface area (Å²) in [6.45, 7) is 8.37. The summed E-state index contributed by atoms with van der Waals surface area (Å²) in [6.07, 6.45) is 0. The van der Waals surface area contributed by atoms with Crippen molar-refractivity contribution in [1.29, 1.82) is 0 Å². The molecular weight excluding hydrogens is 342 g/mol. The van der Waals surface area contributed by atoms with Crippen molar-refractivity contribution in [3.8, 4) is 5.75 Å². The first-order valence-electron chi connectivity index (χ1n) is 9.08. The molecule has 6 nitrogen and oxygen atoms in total. The van der Waals surface area contributed by atoms with Gasteiger partial charge in [-0.1, -0.05) is 18.2 Å². The number of piperazine rings is 1. The molecule has 2 N–H and O–H groups in total. The highest BCUT2D eigenvalue weighted by Gasteiger charge is 2.27. The van der Waals surface area contributed by atoms with Crippen LogP contribution in [0.25, 0.3) is 0 Å². The van der Waals surface area contributed by atoms with E-state index >= 15 is 0 Å². The van der Waals surface area contributed by atoms with E-state index in [1.165, 1.54) is 22.9 Å². The first-order valence-corrected chi connectivity index (χ1v) is 9.08. The molecule has 0 saturated carbocycles. The summed E-state index contributed by atoms with van der Waals surface area (Å²) in [6, 6.07) is 11.1. The first-order chi connectivity index (χ1) is 12.9. The molecule has 0 spiro atoms. The Morgan fingerprint density at radius 2 is 1.70 bits per heavy atom. The minimum Gasteiger partial charge on any atom is -0.506 e. The summed E-state index contributed by atoms with van der Waals surface area (Å²) < 4.78 is 0. The second kappa shape index (κ2) is 7.70. The number of hydrogen-bond acceptors (Lipinski definition) is 4. The fourth-order valence-corrected chi connectivity index (χ4v) is 3.30. The second-order valence-corrected chi connectivity index (χ2v) is 6.97. The van der Waals surface area contributed by atoms with Crippen LogP contribution in [-0.4, -0.2) is 48.0 Å². The van der Waals surface area contributed by atoms with Crippen molar-refractivity contribution >= 4 is 23.2 Å².